The molecule has 3 rings (SSSR count). The highest BCUT2D eigenvalue weighted by molar-refractivity contribution is 5.96. The van der Waals surface area contributed by atoms with E-state index in [9.17, 15) is 19.7 Å². The van der Waals surface area contributed by atoms with Crippen molar-refractivity contribution in [3.8, 4) is 5.75 Å². The van der Waals surface area contributed by atoms with Crippen molar-refractivity contribution in [3.05, 3.63) is 63.7 Å². The van der Waals surface area contributed by atoms with Gasteiger partial charge in [0.15, 0.2) is 0 Å². The molecule has 0 bridgehead atoms. The summed E-state index contributed by atoms with van der Waals surface area (Å²) in [6.07, 6.45) is 0. The molecule has 0 radical (unpaired) electrons. The number of nitro benzene ring substituents is 1. The molecule has 0 aromatic heterocycles. The largest absolute Gasteiger partial charge is 0.497 e. The zero-order chi connectivity index (χ0) is 24.1. The second kappa shape index (κ2) is 10.3. The van der Waals surface area contributed by atoms with E-state index in [1.807, 2.05) is 43.0 Å². The Labute approximate surface area is 193 Å². The van der Waals surface area contributed by atoms with Gasteiger partial charge in [0, 0.05) is 44.7 Å². The number of carbonyl (C=O) groups excluding carboxylic acids is 2. The fourth-order valence-corrected chi connectivity index (χ4v) is 4.01. The van der Waals surface area contributed by atoms with Crippen LogP contribution in [0, 0.1) is 16.0 Å². The minimum Gasteiger partial charge on any atom is -0.497 e. The number of rotatable bonds is 7. The van der Waals surface area contributed by atoms with E-state index in [2.05, 4.69) is 5.32 Å². The van der Waals surface area contributed by atoms with E-state index < -0.39 is 4.92 Å². The Balaban J connectivity index is 1.80. The summed E-state index contributed by atoms with van der Waals surface area (Å²) in [5.41, 5.74) is 1.49. The summed E-state index contributed by atoms with van der Waals surface area (Å²) >= 11 is 0. The molecule has 176 valence electrons. The van der Waals surface area contributed by atoms with Crippen LogP contribution >= 0.6 is 0 Å². The summed E-state index contributed by atoms with van der Waals surface area (Å²) < 4.78 is 5.20. The van der Waals surface area contributed by atoms with Gasteiger partial charge in [-0.1, -0.05) is 26.0 Å². The molecule has 1 saturated heterocycles. The zero-order valence-electron chi connectivity index (χ0n) is 19.4. The lowest BCUT2D eigenvalue weighted by atomic mass is 9.95. The monoisotopic (exact) mass is 454 g/mol. The Hall–Kier alpha value is -3.62. The number of hydrogen-bond acceptors (Lipinski definition) is 6. The Kier molecular flexibility index (Phi) is 7.52. The molecule has 9 nitrogen and oxygen atoms in total. The van der Waals surface area contributed by atoms with Crippen molar-refractivity contribution in [2.45, 2.75) is 26.8 Å². The standard InChI is InChI=1S/C24H30N4O5/c1-16(2)23(18-5-8-20(33-4)9-6-18)25-24(30)19-7-10-21(22(15-19)28(31)32)27-13-11-26(12-14-27)17(3)29/h5-10,15-16,23H,11-14H2,1-4H3,(H,25,30). The van der Waals surface area contributed by atoms with Crippen molar-refractivity contribution in [1.82, 2.24) is 10.2 Å². The minimum absolute atomic E-state index is 0.00673. The molecule has 1 fully saturated rings. The van der Waals surface area contributed by atoms with Gasteiger partial charge in [0.05, 0.1) is 18.1 Å². The first-order chi connectivity index (χ1) is 15.7. The summed E-state index contributed by atoms with van der Waals surface area (Å²) in [6, 6.07) is 11.8. The van der Waals surface area contributed by atoms with Crippen LogP contribution in [0.4, 0.5) is 11.4 Å². The number of amides is 2. The number of nitrogens with zero attached hydrogens (tertiary/aromatic N) is 3. The minimum atomic E-state index is -0.465. The topological polar surface area (TPSA) is 105 Å². The van der Waals surface area contributed by atoms with E-state index >= 15 is 0 Å². The van der Waals surface area contributed by atoms with Crippen LogP contribution in [0.5, 0.6) is 5.75 Å². The normalized spacial score (nSPS) is 14.7. The van der Waals surface area contributed by atoms with Crippen molar-refractivity contribution in [3.63, 3.8) is 0 Å². The lowest BCUT2D eigenvalue weighted by Crippen LogP contribution is -2.48. The third-order valence-electron chi connectivity index (χ3n) is 5.93. The van der Waals surface area contributed by atoms with E-state index in [0.717, 1.165) is 11.3 Å². The molecule has 1 heterocycles. The number of nitrogens with one attached hydrogen (secondary N) is 1. The number of anilines is 1. The molecule has 1 aliphatic rings. The Morgan fingerprint density at radius 2 is 1.70 bits per heavy atom. The third kappa shape index (κ3) is 5.60. The number of ether oxygens (including phenoxy) is 1. The van der Waals surface area contributed by atoms with E-state index in [-0.39, 0.29) is 35.0 Å². The predicted octanol–water partition coefficient (Wildman–Crippen LogP) is 3.40. The number of benzene rings is 2. The molecule has 0 spiro atoms. The van der Waals surface area contributed by atoms with Crippen LogP contribution in [0.1, 0.15) is 42.7 Å². The van der Waals surface area contributed by atoms with Gasteiger partial charge in [0.25, 0.3) is 11.6 Å². The maximum atomic E-state index is 13.0. The Bertz CT molecular complexity index is 1010. The summed E-state index contributed by atoms with van der Waals surface area (Å²) in [5, 5.41) is 14.8. The highest BCUT2D eigenvalue weighted by Crippen LogP contribution is 2.31. The highest BCUT2D eigenvalue weighted by atomic mass is 16.6. The highest BCUT2D eigenvalue weighted by Gasteiger charge is 2.27. The average molecular weight is 455 g/mol. The molecular weight excluding hydrogens is 424 g/mol. The molecule has 0 saturated carbocycles. The number of methoxy groups -OCH3 is 1. The average Bonchev–Trinajstić information content (AvgIpc) is 2.82. The molecule has 1 N–H and O–H groups in total. The Morgan fingerprint density at radius 3 is 2.21 bits per heavy atom. The van der Waals surface area contributed by atoms with E-state index in [4.69, 9.17) is 4.74 Å². The van der Waals surface area contributed by atoms with E-state index in [1.165, 1.54) is 13.0 Å². The molecule has 2 amide bonds. The van der Waals surface area contributed by atoms with Gasteiger partial charge < -0.3 is 19.9 Å². The first-order valence-corrected chi connectivity index (χ1v) is 10.9. The quantitative estimate of drug-likeness (QED) is 0.508. The van der Waals surface area contributed by atoms with Crippen molar-refractivity contribution in [1.29, 1.82) is 0 Å². The number of piperazine rings is 1. The fourth-order valence-electron chi connectivity index (χ4n) is 4.01. The SMILES string of the molecule is COc1ccc(C(NC(=O)c2ccc(N3CCN(C(C)=O)CC3)c([N+](=O)[O-])c2)C(C)C)cc1. The summed E-state index contributed by atoms with van der Waals surface area (Å²) in [5.74, 6) is 0.449. The van der Waals surface area contributed by atoms with Gasteiger partial charge in [0.1, 0.15) is 11.4 Å². The van der Waals surface area contributed by atoms with Gasteiger partial charge in [-0.05, 0) is 35.7 Å². The second-order valence-corrected chi connectivity index (χ2v) is 8.42. The number of nitro groups is 1. The number of carbonyl (C=O) groups is 2. The summed E-state index contributed by atoms with van der Waals surface area (Å²) in [4.78, 5) is 39.5. The predicted molar refractivity (Wildman–Crippen MR) is 126 cm³/mol. The first-order valence-electron chi connectivity index (χ1n) is 10.9. The van der Waals surface area contributed by atoms with Crippen molar-refractivity contribution in [2.75, 3.05) is 38.2 Å². The lowest BCUT2D eigenvalue weighted by Gasteiger charge is -2.35. The van der Waals surface area contributed by atoms with Crippen LogP contribution in [-0.2, 0) is 4.79 Å². The molecule has 1 aliphatic heterocycles. The molecule has 1 unspecified atom stereocenters. The first kappa shape index (κ1) is 24.0. The third-order valence-corrected chi connectivity index (χ3v) is 5.93. The maximum absolute atomic E-state index is 13.0. The van der Waals surface area contributed by atoms with Crippen molar-refractivity contribution >= 4 is 23.2 Å². The van der Waals surface area contributed by atoms with Crippen LogP contribution in [0.3, 0.4) is 0 Å². The molecule has 2 aromatic rings. The molecule has 1 atom stereocenters. The molecule has 33 heavy (non-hydrogen) atoms. The second-order valence-electron chi connectivity index (χ2n) is 8.42. The zero-order valence-corrected chi connectivity index (χ0v) is 19.4. The fraction of sp³-hybridized carbons (Fsp3) is 0.417. The van der Waals surface area contributed by atoms with Gasteiger partial charge >= 0.3 is 0 Å². The van der Waals surface area contributed by atoms with Gasteiger partial charge in [0.2, 0.25) is 5.91 Å². The van der Waals surface area contributed by atoms with Gasteiger partial charge in [-0.15, -0.1) is 0 Å². The van der Waals surface area contributed by atoms with Crippen LogP contribution < -0.4 is 15.0 Å². The van der Waals surface area contributed by atoms with Gasteiger partial charge in [-0.2, -0.15) is 0 Å². The number of hydrogen-bond donors (Lipinski definition) is 1. The van der Waals surface area contributed by atoms with Crippen LogP contribution in [-0.4, -0.2) is 54.9 Å². The van der Waals surface area contributed by atoms with E-state index in [0.29, 0.717) is 31.9 Å². The molecule has 0 aliphatic carbocycles. The van der Waals surface area contributed by atoms with Crippen LogP contribution in [0.25, 0.3) is 0 Å². The molecular formula is C24H30N4O5. The molecule has 9 heteroatoms. The van der Waals surface area contributed by atoms with Gasteiger partial charge in [-0.3, -0.25) is 19.7 Å². The summed E-state index contributed by atoms with van der Waals surface area (Å²) in [7, 11) is 1.59. The molecule has 2 aromatic carbocycles. The van der Waals surface area contributed by atoms with Crippen LogP contribution in [0.2, 0.25) is 0 Å². The maximum Gasteiger partial charge on any atom is 0.293 e. The van der Waals surface area contributed by atoms with Gasteiger partial charge in [-0.25, -0.2) is 0 Å². The van der Waals surface area contributed by atoms with E-state index in [1.54, 1.807) is 24.1 Å². The van der Waals surface area contributed by atoms with Crippen molar-refractivity contribution in [2.24, 2.45) is 5.92 Å². The smallest absolute Gasteiger partial charge is 0.293 e. The van der Waals surface area contributed by atoms with Crippen LogP contribution in [0.15, 0.2) is 42.5 Å². The summed E-state index contributed by atoms with van der Waals surface area (Å²) in [6.45, 7) is 7.53. The Morgan fingerprint density at radius 1 is 1.06 bits per heavy atom. The van der Waals surface area contributed by atoms with Crippen molar-refractivity contribution < 1.29 is 19.2 Å². The lowest BCUT2D eigenvalue weighted by molar-refractivity contribution is -0.384.